The van der Waals surface area contributed by atoms with Crippen LogP contribution in [0.3, 0.4) is 0 Å². The van der Waals surface area contributed by atoms with Crippen molar-refractivity contribution in [1.82, 2.24) is 31.2 Å². The van der Waals surface area contributed by atoms with E-state index in [1.54, 1.807) is 19.9 Å². The average molecular weight is 843 g/mol. The van der Waals surface area contributed by atoms with Gasteiger partial charge in [-0.05, 0) is 56.7 Å². The van der Waals surface area contributed by atoms with E-state index in [0.29, 0.717) is 19.4 Å². The first-order valence-electron chi connectivity index (χ1n) is 19.3. The van der Waals surface area contributed by atoms with Crippen molar-refractivity contribution >= 4 is 64.0 Å². The number of alkyl halides is 2. The van der Waals surface area contributed by atoms with E-state index in [1.807, 2.05) is 0 Å². The Kier molecular flexibility index (Phi) is 18.0. The number of carboxylic acid groups (broad SMARTS) is 1. The number of aliphatic imine (C=N–C) groups is 1. The van der Waals surface area contributed by atoms with Crippen LogP contribution in [0, 0.1) is 17.2 Å². The fraction of sp³-hybridized carbons (Fsp3) is 0.526. The van der Waals surface area contributed by atoms with Gasteiger partial charge in [-0.25, -0.2) is 13.6 Å². The average Bonchev–Trinajstić information content (AvgIpc) is 3.52. The Morgan fingerprint density at radius 3 is 2.33 bits per heavy atom. The molecule has 2 heterocycles. The van der Waals surface area contributed by atoms with Crippen LogP contribution in [0.4, 0.5) is 14.5 Å². The van der Waals surface area contributed by atoms with Crippen molar-refractivity contribution in [2.24, 2.45) is 28.1 Å². The number of carbonyl (C=O) groups excluding carboxylic acids is 6. The Hall–Kier alpha value is -6.50. The minimum Gasteiger partial charge on any atom is -0.480 e. The number of aliphatic carboxylic acids is 1. The van der Waals surface area contributed by atoms with Gasteiger partial charge in [-0.1, -0.05) is 26.0 Å². The number of hydrogen-bond acceptors (Lipinski definition) is 11. The molecule has 1 fully saturated rings. The number of likely N-dealkylation sites (tertiary alicyclic amines) is 1. The molecular weight excluding hydrogens is 790 g/mol. The van der Waals surface area contributed by atoms with Crippen LogP contribution in [-0.4, -0.2) is 119 Å². The number of pyridine rings is 1. The van der Waals surface area contributed by atoms with Crippen LogP contribution in [0.25, 0.3) is 10.9 Å². The number of guanidine groups is 1. The SMILES string of the molecule is CC(C)[C@H](NC(=O)[C@H](CCCN=C(N)N)NC(=O)CCC(=O)Nc1cccc2c(C(=O)NCC(=O)N3CC(F)(F)C[C@H]3C#N)ccnc12)C(=O)N[C@@H](CCCCN)C(=O)O. The van der Waals surface area contributed by atoms with Crippen molar-refractivity contribution in [2.75, 3.05) is 31.5 Å². The molecule has 326 valence electrons. The highest BCUT2D eigenvalue weighted by Gasteiger charge is 2.47. The molecule has 20 nitrogen and oxygen atoms in total. The van der Waals surface area contributed by atoms with Crippen LogP contribution in [0.15, 0.2) is 35.5 Å². The van der Waals surface area contributed by atoms with Crippen LogP contribution < -0.4 is 43.8 Å². The minimum atomic E-state index is -3.22. The molecule has 1 aliphatic rings. The predicted octanol–water partition coefficient (Wildman–Crippen LogP) is -0.179. The highest BCUT2D eigenvalue weighted by molar-refractivity contribution is 6.11. The molecule has 0 aliphatic carbocycles. The fourth-order valence-corrected chi connectivity index (χ4v) is 6.30. The van der Waals surface area contributed by atoms with E-state index >= 15 is 0 Å². The molecule has 0 spiro atoms. The molecule has 1 saturated heterocycles. The molecular formula is C38H52F2N12O8. The molecule has 2 aromatic rings. The molecule has 3 rings (SSSR count). The summed E-state index contributed by atoms with van der Waals surface area (Å²) in [6, 6.07) is 2.70. The Balaban J connectivity index is 1.65. The first-order valence-corrected chi connectivity index (χ1v) is 19.3. The molecule has 0 saturated carbocycles. The van der Waals surface area contributed by atoms with Crippen LogP contribution in [0.1, 0.15) is 75.6 Å². The second-order valence-corrected chi connectivity index (χ2v) is 14.5. The third-order valence-corrected chi connectivity index (χ3v) is 9.41. The molecule has 1 aromatic heterocycles. The summed E-state index contributed by atoms with van der Waals surface area (Å²) < 4.78 is 27.6. The first kappa shape index (κ1) is 47.9. The van der Waals surface area contributed by atoms with E-state index in [0.717, 1.165) is 4.90 Å². The number of nitrogens with zero attached hydrogens (tertiary/aromatic N) is 4. The standard InChI is InChI=1S/C38H52F2N12O8/c1-21(2)31(35(58)50-27(36(59)60)8-3-4-14-41)51-34(57)26(10-6-15-46-37(43)44)49-29(54)12-11-28(53)48-25-9-5-7-23-24(13-16-45-32(23)25)33(56)47-19-30(55)52-20-38(39,40)17-22(52)18-42/h5,7,9,13,16,21-22,26-27,31H,3-4,6,8,10-12,14-15,17,19-20,41H2,1-2H3,(H,47,56)(H,48,53)(H,49,54)(H,50,58)(H,51,57)(H,59,60)(H4,43,44,46)/t22-,26-,27-,31-/m0/s1. The summed E-state index contributed by atoms with van der Waals surface area (Å²) in [6.45, 7) is 2.19. The summed E-state index contributed by atoms with van der Waals surface area (Å²) in [5, 5.41) is 31.8. The van der Waals surface area contributed by atoms with Crippen molar-refractivity contribution in [3.05, 3.63) is 36.0 Å². The van der Waals surface area contributed by atoms with E-state index in [1.165, 1.54) is 30.5 Å². The Morgan fingerprint density at radius 1 is 0.983 bits per heavy atom. The van der Waals surface area contributed by atoms with Crippen molar-refractivity contribution in [3.63, 3.8) is 0 Å². The second kappa shape index (κ2) is 22.6. The Bertz CT molecular complexity index is 1970. The van der Waals surface area contributed by atoms with Crippen LogP contribution >= 0.6 is 0 Å². The van der Waals surface area contributed by atoms with E-state index in [2.05, 4.69) is 36.6 Å². The molecule has 22 heteroatoms. The van der Waals surface area contributed by atoms with Gasteiger partial charge in [-0.3, -0.25) is 38.7 Å². The number of nitrogens with two attached hydrogens (primary N) is 3. The Labute approximate surface area is 344 Å². The molecule has 0 radical (unpaired) electrons. The maximum Gasteiger partial charge on any atom is 0.326 e. The van der Waals surface area contributed by atoms with Crippen LogP contribution in [0.2, 0.25) is 0 Å². The molecule has 1 aromatic carbocycles. The van der Waals surface area contributed by atoms with Gasteiger partial charge in [0.05, 0.1) is 35.9 Å². The summed E-state index contributed by atoms with van der Waals surface area (Å²) >= 11 is 0. The number of amides is 6. The number of nitriles is 1. The third kappa shape index (κ3) is 14.4. The normalized spacial score (nSPS) is 15.8. The smallest absolute Gasteiger partial charge is 0.326 e. The van der Waals surface area contributed by atoms with Crippen molar-refractivity contribution in [3.8, 4) is 6.07 Å². The number of benzene rings is 1. The Morgan fingerprint density at radius 2 is 1.68 bits per heavy atom. The molecule has 0 bridgehead atoms. The predicted molar refractivity (Wildman–Crippen MR) is 214 cm³/mol. The van der Waals surface area contributed by atoms with Gasteiger partial charge in [-0.2, -0.15) is 5.26 Å². The summed E-state index contributed by atoms with van der Waals surface area (Å²) in [4.78, 5) is 99.3. The number of hydrogen-bond donors (Lipinski definition) is 9. The number of carbonyl (C=O) groups is 7. The van der Waals surface area contributed by atoms with Gasteiger partial charge >= 0.3 is 5.97 Å². The first-order chi connectivity index (χ1) is 28.4. The van der Waals surface area contributed by atoms with Crippen LogP contribution in [-0.2, 0) is 28.8 Å². The zero-order valence-corrected chi connectivity index (χ0v) is 33.3. The topological polar surface area (TPSA) is 330 Å². The van der Waals surface area contributed by atoms with Crippen molar-refractivity contribution in [1.29, 1.82) is 5.26 Å². The summed E-state index contributed by atoms with van der Waals surface area (Å²) in [7, 11) is 0. The molecule has 4 atom stereocenters. The van der Waals surface area contributed by atoms with E-state index < -0.39 is 96.9 Å². The molecule has 6 amide bonds. The fourth-order valence-electron chi connectivity index (χ4n) is 6.30. The van der Waals surface area contributed by atoms with E-state index in [-0.39, 0.29) is 66.8 Å². The van der Waals surface area contributed by atoms with E-state index in [9.17, 15) is 52.7 Å². The third-order valence-electron chi connectivity index (χ3n) is 9.41. The number of aromatic nitrogens is 1. The quantitative estimate of drug-likeness (QED) is 0.0423. The number of nitrogens with one attached hydrogen (secondary N) is 5. The monoisotopic (exact) mass is 842 g/mol. The number of anilines is 1. The van der Waals surface area contributed by atoms with E-state index in [4.69, 9.17) is 17.2 Å². The lowest BCUT2D eigenvalue weighted by molar-refractivity contribution is -0.142. The maximum absolute atomic E-state index is 13.8. The molecule has 0 unspecified atom stereocenters. The van der Waals surface area contributed by atoms with Gasteiger partial charge < -0.3 is 53.8 Å². The van der Waals surface area contributed by atoms with Gasteiger partial charge in [0.1, 0.15) is 24.2 Å². The highest BCUT2D eigenvalue weighted by atomic mass is 19.3. The number of para-hydroxylation sites is 1. The lowest BCUT2D eigenvalue weighted by atomic mass is 10.0. The van der Waals surface area contributed by atoms with Crippen LogP contribution in [0.5, 0.6) is 0 Å². The number of rotatable bonds is 22. The maximum atomic E-state index is 13.8. The lowest BCUT2D eigenvalue weighted by Crippen LogP contribution is -2.57. The van der Waals surface area contributed by atoms with Gasteiger partial charge in [-0.15, -0.1) is 0 Å². The second-order valence-electron chi connectivity index (χ2n) is 14.5. The zero-order valence-electron chi connectivity index (χ0n) is 33.3. The largest absolute Gasteiger partial charge is 0.480 e. The summed E-state index contributed by atoms with van der Waals surface area (Å²) in [6.07, 6.45) is 1.17. The van der Waals surface area contributed by atoms with Gasteiger partial charge in [0, 0.05) is 37.4 Å². The summed E-state index contributed by atoms with van der Waals surface area (Å²) in [5.74, 6) is -9.51. The van der Waals surface area contributed by atoms with Crippen molar-refractivity contribution < 1.29 is 47.4 Å². The molecule has 12 N–H and O–H groups in total. The lowest BCUT2D eigenvalue weighted by Gasteiger charge is -2.26. The van der Waals surface area contributed by atoms with Gasteiger partial charge in [0.25, 0.3) is 11.8 Å². The molecule has 60 heavy (non-hydrogen) atoms. The molecule has 1 aliphatic heterocycles. The zero-order chi connectivity index (χ0) is 44.6. The minimum absolute atomic E-state index is 0.0319. The number of halogens is 2. The van der Waals surface area contributed by atoms with Crippen molar-refractivity contribution in [2.45, 2.75) is 95.3 Å². The number of unbranched alkanes of at least 4 members (excludes halogenated alkanes) is 1. The number of carboxylic acids is 1. The van der Waals surface area contributed by atoms with Gasteiger partial charge in [0.2, 0.25) is 29.5 Å². The number of fused-ring (bicyclic) bond motifs is 1. The highest BCUT2D eigenvalue weighted by Crippen LogP contribution is 2.31. The van der Waals surface area contributed by atoms with Gasteiger partial charge in [0.15, 0.2) is 5.96 Å². The summed E-state index contributed by atoms with van der Waals surface area (Å²) in [5.41, 5.74) is 16.7.